The number of alkyl halides is 3. The second-order valence-electron chi connectivity index (χ2n) is 11.3. The molecule has 1 atom stereocenters. The van der Waals surface area contributed by atoms with Crippen LogP contribution in [0.25, 0.3) is 32.3 Å². The van der Waals surface area contributed by atoms with Gasteiger partial charge in [-0.3, -0.25) is 4.98 Å². The molecule has 230 valence electrons. The van der Waals surface area contributed by atoms with Crippen molar-refractivity contribution in [2.45, 2.75) is 44.2 Å². The standard InChI is InChI=1S/C29H26F4O2.C9H7N/c1-34-26-11-4-8-21-20-15-14-18-17(6-3-7-19(18)23(20)16-27(35-2)28(21)26)12-13-22-24(29(31,32)33)9-5-10-25(22)30;1-2-4-9-7-10-6-5-8(9)3-1/h4-5,8-11,14-17H,3,6-7,12-13H2,1-2H3;1-7H/t17-;/m0./s1. The van der Waals surface area contributed by atoms with E-state index in [0.717, 1.165) is 76.1 Å². The lowest BCUT2D eigenvalue weighted by Crippen LogP contribution is -2.14. The first kappa shape index (κ1) is 30.4. The van der Waals surface area contributed by atoms with Crippen LogP contribution in [0, 0.1) is 5.82 Å². The first-order valence-corrected chi connectivity index (χ1v) is 15.0. The number of nitrogens with zero attached hydrogens (tertiary/aromatic N) is 1. The Labute approximate surface area is 259 Å². The summed E-state index contributed by atoms with van der Waals surface area (Å²) in [6.07, 6.45) is 2.29. The minimum atomic E-state index is -4.57. The lowest BCUT2D eigenvalue weighted by atomic mass is 9.77. The number of pyridine rings is 1. The molecular formula is C38H33F4NO2. The van der Waals surface area contributed by atoms with Gasteiger partial charge in [-0.1, -0.05) is 54.6 Å². The second kappa shape index (κ2) is 12.8. The molecular weight excluding hydrogens is 578 g/mol. The topological polar surface area (TPSA) is 31.4 Å². The molecule has 3 nitrogen and oxygen atoms in total. The van der Waals surface area contributed by atoms with Crippen molar-refractivity contribution in [2.24, 2.45) is 0 Å². The van der Waals surface area contributed by atoms with Gasteiger partial charge in [0.1, 0.15) is 17.3 Å². The maximum Gasteiger partial charge on any atom is 0.416 e. The molecule has 0 radical (unpaired) electrons. The average molecular weight is 612 g/mol. The summed E-state index contributed by atoms with van der Waals surface area (Å²) in [5.74, 6) is 0.735. The summed E-state index contributed by atoms with van der Waals surface area (Å²) in [4.78, 5) is 4.01. The van der Waals surface area contributed by atoms with Crippen molar-refractivity contribution < 1.29 is 27.0 Å². The van der Waals surface area contributed by atoms with Crippen LogP contribution in [0.1, 0.15) is 47.4 Å². The zero-order valence-electron chi connectivity index (χ0n) is 25.1. The molecule has 1 aromatic heterocycles. The fourth-order valence-electron chi connectivity index (χ4n) is 6.69. The average Bonchev–Trinajstić information content (AvgIpc) is 3.06. The Balaban J connectivity index is 0.000000301. The molecule has 0 spiro atoms. The Morgan fingerprint density at radius 1 is 0.800 bits per heavy atom. The molecule has 1 aliphatic rings. The lowest BCUT2D eigenvalue weighted by Gasteiger charge is -2.28. The highest BCUT2D eigenvalue weighted by Gasteiger charge is 2.34. The van der Waals surface area contributed by atoms with Crippen LogP contribution >= 0.6 is 0 Å². The van der Waals surface area contributed by atoms with Gasteiger partial charge < -0.3 is 9.47 Å². The number of methoxy groups -OCH3 is 2. The van der Waals surface area contributed by atoms with Crippen molar-refractivity contribution in [3.05, 3.63) is 125 Å². The summed E-state index contributed by atoms with van der Waals surface area (Å²) < 4.78 is 66.1. The first-order valence-electron chi connectivity index (χ1n) is 15.0. The predicted molar refractivity (Wildman–Crippen MR) is 172 cm³/mol. The van der Waals surface area contributed by atoms with E-state index in [9.17, 15) is 17.6 Å². The normalized spacial score (nSPS) is 14.6. The maximum atomic E-state index is 14.4. The first-order chi connectivity index (χ1) is 21.8. The molecule has 0 fully saturated rings. The molecule has 6 aromatic rings. The molecule has 1 aliphatic carbocycles. The molecule has 0 bridgehead atoms. The molecule has 0 unspecified atom stereocenters. The summed E-state index contributed by atoms with van der Waals surface area (Å²) in [6, 6.07) is 25.5. The van der Waals surface area contributed by atoms with E-state index in [4.69, 9.17) is 9.47 Å². The third-order valence-electron chi connectivity index (χ3n) is 8.81. The third kappa shape index (κ3) is 6.04. The number of benzene rings is 5. The van der Waals surface area contributed by atoms with Crippen LogP contribution in [-0.4, -0.2) is 19.2 Å². The molecule has 0 amide bonds. The van der Waals surface area contributed by atoms with Gasteiger partial charge in [0.05, 0.1) is 25.2 Å². The fourth-order valence-corrected chi connectivity index (χ4v) is 6.69. The van der Waals surface area contributed by atoms with Crippen molar-refractivity contribution in [3.8, 4) is 11.5 Å². The molecule has 0 saturated heterocycles. The van der Waals surface area contributed by atoms with Gasteiger partial charge in [-0.15, -0.1) is 0 Å². The van der Waals surface area contributed by atoms with Crippen LogP contribution in [0.3, 0.4) is 0 Å². The number of halogens is 4. The van der Waals surface area contributed by atoms with Crippen LogP contribution in [0.5, 0.6) is 11.5 Å². The van der Waals surface area contributed by atoms with Gasteiger partial charge in [-0.05, 0) is 106 Å². The van der Waals surface area contributed by atoms with Gasteiger partial charge in [0, 0.05) is 18.0 Å². The zero-order valence-corrected chi connectivity index (χ0v) is 25.1. The molecule has 7 rings (SSSR count). The number of aryl methyl sites for hydroxylation is 1. The zero-order chi connectivity index (χ0) is 31.6. The minimum absolute atomic E-state index is 0.0436. The molecule has 0 saturated carbocycles. The smallest absolute Gasteiger partial charge is 0.416 e. The van der Waals surface area contributed by atoms with Crippen molar-refractivity contribution in [1.82, 2.24) is 4.98 Å². The Hall–Kier alpha value is -4.65. The van der Waals surface area contributed by atoms with Gasteiger partial charge in [0.15, 0.2) is 0 Å². The van der Waals surface area contributed by atoms with E-state index in [-0.39, 0.29) is 17.9 Å². The van der Waals surface area contributed by atoms with Crippen molar-refractivity contribution in [1.29, 1.82) is 0 Å². The molecule has 45 heavy (non-hydrogen) atoms. The largest absolute Gasteiger partial charge is 0.496 e. The third-order valence-corrected chi connectivity index (χ3v) is 8.81. The van der Waals surface area contributed by atoms with E-state index in [2.05, 4.69) is 29.2 Å². The van der Waals surface area contributed by atoms with Gasteiger partial charge in [0.2, 0.25) is 0 Å². The highest BCUT2D eigenvalue weighted by Crippen LogP contribution is 2.45. The van der Waals surface area contributed by atoms with Crippen LogP contribution in [0.15, 0.2) is 97.3 Å². The van der Waals surface area contributed by atoms with E-state index >= 15 is 0 Å². The van der Waals surface area contributed by atoms with Crippen LogP contribution in [0.4, 0.5) is 17.6 Å². The predicted octanol–water partition coefficient (Wildman–Crippen LogP) is 10.5. The van der Waals surface area contributed by atoms with E-state index in [1.165, 1.54) is 16.3 Å². The number of hydrogen-bond donors (Lipinski definition) is 0. The van der Waals surface area contributed by atoms with E-state index in [1.54, 1.807) is 14.2 Å². The Morgan fingerprint density at radius 2 is 1.58 bits per heavy atom. The van der Waals surface area contributed by atoms with Gasteiger partial charge in [-0.25, -0.2) is 4.39 Å². The summed E-state index contributed by atoms with van der Waals surface area (Å²) in [5.41, 5.74) is 1.22. The summed E-state index contributed by atoms with van der Waals surface area (Å²) in [6.45, 7) is 0. The summed E-state index contributed by atoms with van der Waals surface area (Å²) >= 11 is 0. The van der Waals surface area contributed by atoms with E-state index in [0.29, 0.717) is 6.42 Å². The molecule has 0 N–H and O–H groups in total. The maximum absolute atomic E-state index is 14.4. The van der Waals surface area contributed by atoms with Crippen LogP contribution < -0.4 is 9.47 Å². The van der Waals surface area contributed by atoms with Crippen molar-refractivity contribution in [3.63, 3.8) is 0 Å². The Bertz CT molecular complexity index is 1920. The number of rotatable bonds is 5. The fraction of sp³-hybridized carbons (Fsp3) is 0.237. The number of hydrogen-bond acceptors (Lipinski definition) is 3. The lowest BCUT2D eigenvalue weighted by molar-refractivity contribution is -0.138. The second-order valence-corrected chi connectivity index (χ2v) is 11.3. The van der Waals surface area contributed by atoms with Gasteiger partial charge >= 0.3 is 6.18 Å². The molecule has 1 heterocycles. The van der Waals surface area contributed by atoms with Crippen molar-refractivity contribution in [2.75, 3.05) is 14.2 Å². The summed E-state index contributed by atoms with van der Waals surface area (Å²) in [5, 5.41) is 6.57. The quantitative estimate of drug-likeness (QED) is 0.144. The van der Waals surface area contributed by atoms with Gasteiger partial charge in [0.25, 0.3) is 0 Å². The minimum Gasteiger partial charge on any atom is -0.496 e. The van der Waals surface area contributed by atoms with E-state index < -0.39 is 17.6 Å². The monoisotopic (exact) mass is 611 g/mol. The van der Waals surface area contributed by atoms with Crippen molar-refractivity contribution >= 4 is 32.3 Å². The highest BCUT2D eigenvalue weighted by atomic mass is 19.4. The van der Waals surface area contributed by atoms with Crippen LogP contribution in [0.2, 0.25) is 0 Å². The Kier molecular flexibility index (Phi) is 8.61. The van der Waals surface area contributed by atoms with E-state index in [1.807, 2.05) is 54.9 Å². The van der Waals surface area contributed by atoms with Gasteiger partial charge in [-0.2, -0.15) is 13.2 Å². The Morgan fingerprint density at radius 3 is 2.33 bits per heavy atom. The summed E-state index contributed by atoms with van der Waals surface area (Å²) in [7, 11) is 3.27. The molecule has 0 aliphatic heterocycles. The number of fused-ring (bicyclic) bond motifs is 6. The van der Waals surface area contributed by atoms with Crippen LogP contribution in [-0.2, 0) is 19.0 Å². The number of aromatic nitrogens is 1. The molecule has 7 heteroatoms. The number of ether oxygens (including phenoxy) is 2. The SMILES string of the molecule is COc1cccc2c1c(OC)cc1c3c(ccc12)[C@H](CCc1c(F)cccc1C(F)(F)F)CCC3.c1ccc2cnccc2c1. The molecule has 5 aromatic carbocycles. The highest BCUT2D eigenvalue weighted by molar-refractivity contribution is 6.13.